The summed E-state index contributed by atoms with van der Waals surface area (Å²) in [6.07, 6.45) is 0. The minimum Gasteiger partial charge on any atom is -0.319 e. The second-order valence-electron chi connectivity index (χ2n) is 6.32. The molecule has 0 radical (unpaired) electrons. The minimum atomic E-state index is -4.07. The van der Waals surface area contributed by atoms with Crippen LogP contribution >= 0.6 is 11.6 Å². The van der Waals surface area contributed by atoms with E-state index in [2.05, 4.69) is 10.0 Å². The molecule has 0 aliphatic heterocycles. The van der Waals surface area contributed by atoms with E-state index in [-0.39, 0.29) is 21.5 Å². The van der Waals surface area contributed by atoms with Crippen LogP contribution in [0.5, 0.6) is 0 Å². The Hall–Kier alpha value is -3.04. The van der Waals surface area contributed by atoms with Gasteiger partial charge in [-0.25, -0.2) is 21.6 Å². The molecule has 156 valence electrons. The first-order valence-corrected chi connectivity index (χ1v) is 10.3. The maximum Gasteiger partial charge on any atom is 0.261 e. The van der Waals surface area contributed by atoms with Crippen molar-refractivity contribution in [2.24, 2.45) is 0 Å². The maximum absolute atomic E-state index is 13.8. The van der Waals surface area contributed by atoms with Crippen molar-refractivity contribution in [3.8, 4) is 0 Å². The van der Waals surface area contributed by atoms with E-state index in [4.69, 9.17) is 11.6 Å². The first kappa shape index (κ1) is 21.7. The van der Waals surface area contributed by atoms with E-state index in [0.29, 0.717) is 11.8 Å². The van der Waals surface area contributed by atoms with Gasteiger partial charge >= 0.3 is 0 Å². The van der Waals surface area contributed by atoms with Gasteiger partial charge in [0, 0.05) is 17.8 Å². The highest BCUT2D eigenvalue weighted by molar-refractivity contribution is 7.92. The summed E-state index contributed by atoms with van der Waals surface area (Å²) in [7, 11) is -4.07. The normalized spacial score (nSPS) is 11.2. The van der Waals surface area contributed by atoms with Gasteiger partial charge in [-0.3, -0.25) is 9.52 Å². The highest BCUT2D eigenvalue weighted by atomic mass is 35.5. The zero-order chi connectivity index (χ0) is 22.1. The molecule has 5 nitrogen and oxygen atoms in total. The topological polar surface area (TPSA) is 75.3 Å². The lowest BCUT2D eigenvalue weighted by molar-refractivity contribution is 0.102. The number of anilines is 2. The molecular weight excluding hydrogens is 441 g/mol. The van der Waals surface area contributed by atoms with E-state index in [0.717, 1.165) is 11.6 Å². The van der Waals surface area contributed by atoms with E-state index in [1.165, 1.54) is 12.1 Å². The molecule has 0 fully saturated rings. The largest absolute Gasteiger partial charge is 0.319 e. The van der Waals surface area contributed by atoms with Gasteiger partial charge in [0.15, 0.2) is 11.6 Å². The standard InChI is InChI=1S/C20H14ClF3N2O3S/c1-11-3-2-4-12(7-11)26-30(28,29)13-5-6-15(21)14(8-13)20(27)25-19-10-17(23)16(22)9-18(19)24/h2-10,26H,1H3,(H,25,27). The zero-order valence-corrected chi connectivity index (χ0v) is 16.9. The summed E-state index contributed by atoms with van der Waals surface area (Å²) in [5.74, 6) is -4.99. The molecule has 0 aliphatic rings. The molecular formula is C20H14ClF3N2O3S. The van der Waals surface area contributed by atoms with E-state index >= 15 is 0 Å². The molecule has 2 N–H and O–H groups in total. The van der Waals surface area contributed by atoms with Crippen LogP contribution in [-0.2, 0) is 10.0 Å². The molecule has 0 atom stereocenters. The number of hydrogen-bond donors (Lipinski definition) is 2. The molecule has 30 heavy (non-hydrogen) atoms. The van der Waals surface area contributed by atoms with Crippen molar-refractivity contribution in [3.63, 3.8) is 0 Å². The Bertz CT molecular complexity index is 1250. The first-order valence-electron chi connectivity index (χ1n) is 8.42. The Morgan fingerprint density at radius 3 is 2.33 bits per heavy atom. The van der Waals surface area contributed by atoms with Gasteiger partial charge in [0.05, 0.1) is 21.2 Å². The zero-order valence-electron chi connectivity index (χ0n) is 15.3. The highest BCUT2D eigenvalue weighted by Crippen LogP contribution is 2.25. The average Bonchev–Trinajstić information content (AvgIpc) is 2.65. The molecule has 1 amide bonds. The van der Waals surface area contributed by atoms with Gasteiger partial charge < -0.3 is 5.32 Å². The lowest BCUT2D eigenvalue weighted by Crippen LogP contribution is -2.17. The van der Waals surface area contributed by atoms with Crippen LogP contribution in [0.15, 0.2) is 59.5 Å². The third kappa shape index (κ3) is 4.74. The molecule has 3 aromatic rings. The molecule has 0 heterocycles. The Labute approximate surface area is 175 Å². The van der Waals surface area contributed by atoms with Gasteiger partial charge in [0.2, 0.25) is 0 Å². The summed E-state index contributed by atoms with van der Waals surface area (Å²) in [5, 5.41) is 1.93. The number of rotatable bonds is 5. The number of nitrogens with one attached hydrogen (secondary N) is 2. The minimum absolute atomic E-state index is 0.120. The molecule has 0 aliphatic carbocycles. The summed E-state index contributed by atoms with van der Waals surface area (Å²) in [5.41, 5.74) is 0.230. The highest BCUT2D eigenvalue weighted by Gasteiger charge is 2.20. The van der Waals surface area contributed by atoms with Gasteiger partial charge in [-0.1, -0.05) is 23.7 Å². The molecule has 3 rings (SSSR count). The summed E-state index contributed by atoms with van der Waals surface area (Å²) in [6, 6.07) is 10.7. The SMILES string of the molecule is Cc1cccc(NS(=O)(=O)c2ccc(Cl)c(C(=O)Nc3cc(F)c(F)cc3F)c2)c1. The van der Waals surface area contributed by atoms with Crippen molar-refractivity contribution in [2.45, 2.75) is 11.8 Å². The number of sulfonamides is 1. The summed E-state index contributed by atoms with van der Waals surface area (Å²) in [4.78, 5) is 12.2. The van der Waals surface area contributed by atoms with Crippen molar-refractivity contribution in [1.82, 2.24) is 0 Å². The number of halogens is 4. The average molecular weight is 455 g/mol. The Morgan fingerprint density at radius 2 is 1.63 bits per heavy atom. The summed E-state index contributed by atoms with van der Waals surface area (Å²) in [6.45, 7) is 1.79. The lowest BCUT2D eigenvalue weighted by atomic mass is 10.2. The number of carbonyl (C=O) groups is 1. The van der Waals surface area contributed by atoms with Crippen molar-refractivity contribution in [2.75, 3.05) is 10.0 Å². The predicted octanol–water partition coefficient (Wildman–Crippen LogP) is 5.12. The number of benzene rings is 3. The molecule has 0 bridgehead atoms. The lowest BCUT2D eigenvalue weighted by Gasteiger charge is -2.12. The number of carbonyl (C=O) groups excluding carboxylic acids is 1. The maximum atomic E-state index is 13.8. The van der Waals surface area contributed by atoms with Crippen LogP contribution in [0.1, 0.15) is 15.9 Å². The van der Waals surface area contributed by atoms with Gasteiger partial charge in [0.1, 0.15) is 5.82 Å². The summed E-state index contributed by atoms with van der Waals surface area (Å²) < 4.78 is 67.9. The smallest absolute Gasteiger partial charge is 0.261 e. The van der Waals surface area contributed by atoms with Crippen LogP contribution < -0.4 is 10.0 Å². The molecule has 3 aromatic carbocycles. The van der Waals surface area contributed by atoms with Crippen LogP contribution in [0.2, 0.25) is 5.02 Å². The molecule has 0 spiro atoms. The number of amides is 1. The fourth-order valence-electron chi connectivity index (χ4n) is 2.58. The van der Waals surface area contributed by atoms with Crippen molar-refractivity contribution in [1.29, 1.82) is 0 Å². The van der Waals surface area contributed by atoms with Crippen molar-refractivity contribution in [3.05, 3.63) is 88.2 Å². The van der Waals surface area contributed by atoms with Crippen LogP contribution in [0.3, 0.4) is 0 Å². The van der Waals surface area contributed by atoms with Crippen molar-refractivity contribution >= 4 is 38.9 Å². The van der Waals surface area contributed by atoms with Crippen LogP contribution in [0, 0.1) is 24.4 Å². The third-order valence-electron chi connectivity index (χ3n) is 4.02. The fraction of sp³-hybridized carbons (Fsp3) is 0.0500. The quantitative estimate of drug-likeness (QED) is 0.525. The van der Waals surface area contributed by atoms with Gasteiger partial charge in [-0.15, -0.1) is 0 Å². The van der Waals surface area contributed by atoms with Crippen LogP contribution in [0.4, 0.5) is 24.5 Å². The van der Waals surface area contributed by atoms with Gasteiger partial charge in [-0.2, -0.15) is 0 Å². The Morgan fingerprint density at radius 1 is 0.933 bits per heavy atom. The molecule has 0 aromatic heterocycles. The predicted molar refractivity (Wildman–Crippen MR) is 108 cm³/mol. The summed E-state index contributed by atoms with van der Waals surface area (Å²) >= 11 is 5.98. The fourth-order valence-corrected chi connectivity index (χ4v) is 3.85. The van der Waals surface area contributed by atoms with Crippen LogP contribution in [-0.4, -0.2) is 14.3 Å². The van der Waals surface area contributed by atoms with E-state index < -0.39 is 39.1 Å². The molecule has 0 saturated heterocycles. The number of aryl methyl sites for hydroxylation is 1. The van der Waals surface area contributed by atoms with Gasteiger partial charge in [0.25, 0.3) is 15.9 Å². The van der Waals surface area contributed by atoms with E-state index in [1.54, 1.807) is 31.2 Å². The second-order valence-corrected chi connectivity index (χ2v) is 8.41. The van der Waals surface area contributed by atoms with Crippen molar-refractivity contribution < 1.29 is 26.4 Å². The Kier molecular flexibility index (Phi) is 6.04. The van der Waals surface area contributed by atoms with E-state index in [1.807, 2.05) is 0 Å². The number of hydrogen-bond acceptors (Lipinski definition) is 3. The molecule has 0 unspecified atom stereocenters. The monoisotopic (exact) mass is 454 g/mol. The molecule has 0 saturated carbocycles. The van der Waals surface area contributed by atoms with Gasteiger partial charge in [-0.05, 0) is 42.8 Å². The van der Waals surface area contributed by atoms with Crippen LogP contribution in [0.25, 0.3) is 0 Å². The van der Waals surface area contributed by atoms with E-state index in [9.17, 15) is 26.4 Å². The third-order valence-corrected chi connectivity index (χ3v) is 5.73. The first-order chi connectivity index (χ1) is 14.1. The second kappa shape index (κ2) is 8.37. The molecule has 10 heteroatoms. The Balaban J connectivity index is 1.91.